The van der Waals surface area contributed by atoms with Crippen LogP contribution in [0.5, 0.6) is 0 Å². The monoisotopic (exact) mass is 255 g/mol. The Hall–Kier alpha value is -1.67. The van der Waals surface area contributed by atoms with Crippen LogP contribution in [0, 0.1) is 12.7 Å². The van der Waals surface area contributed by atoms with Gasteiger partial charge in [0.05, 0.1) is 0 Å². The molecule has 1 aliphatic rings. The second-order valence-electron chi connectivity index (χ2n) is 5.26. The minimum absolute atomic E-state index is 0.0855. The van der Waals surface area contributed by atoms with Gasteiger partial charge in [-0.25, -0.2) is 4.39 Å². The molecule has 3 rings (SSSR count). The van der Waals surface area contributed by atoms with Crippen molar-refractivity contribution in [3.8, 4) is 0 Å². The average molecular weight is 255 g/mol. The molecule has 2 aromatic carbocycles. The smallest absolute Gasteiger partial charge is 0.128 e. The van der Waals surface area contributed by atoms with Crippen LogP contribution in [0.1, 0.15) is 35.1 Å². The third-order valence-electron chi connectivity index (χ3n) is 3.94. The van der Waals surface area contributed by atoms with Crippen molar-refractivity contribution < 1.29 is 4.39 Å². The Morgan fingerprint density at radius 2 is 1.89 bits per heavy atom. The second-order valence-corrected chi connectivity index (χ2v) is 5.26. The Bertz CT molecular complexity index is 565. The van der Waals surface area contributed by atoms with Crippen molar-refractivity contribution in [3.63, 3.8) is 0 Å². The first-order valence-electron chi connectivity index (χ1n) is 6.80. The largest absolute Gasteiger partial charge is 0.309 e. The average Bonchev–Trinajstić information content (AvgIpc) is 2.91. The van der Waals surface area contributed by atoms with E-state index in [4.69, 9.17) is 0 Å². The SMILES string of the molecule is Cc1ccc(F)c(C2NCCC2c2ccccc2)c1. The van der Waals surface area contributed by atoms with Gasteiger partial charge in [-0.05, 0) is 31.5 Å². The topological polar surface area (TPSA) is 12.0 Å². The maximum atomic E-state index is 14.1. The van der Waals surface area contributed by atoms with Gasteiger partial charge < -0.3 is 5.32 Å². The van der Waals surface area contributed by atoms with E-state index in [1.54, 1.807) is 6.07 Å². The Morgan fingerprint density at radius 1 is 1.11 bits per heavy atom. The van der Waals surface area contributed by atoms with Gasteiger partial charge in [0.25, 0.3) is 0 Å². The lowest BCUT2D eigenvalue weighted by Gasteiger charge is -2.21. The fourth-order valence-corrected chi connectivity index (χ4v) is 2.99. The van der Waals surface area contributed by atoms with Crippen molar-refractivity contribution in [2.45, 2.75) is 25.3 Å². The normalized spacial score (nSPS) is 22.6. The summed E-state index contributed by atoms with van der Waals surface area (Å²) in [7, 11) is 0. The minimum atomic E-state index is -0.106. The molecule has 0 aromatic heterocycles. The van der Waals surface area contributed by atoms with E-state index in [9.17, 15) is 4.39 Å². The van der Waals surface area contributed by atoms with Gasteiger partial charge in [0.2, 0.25) is 0 Å². The standard InChI is InChI=1S/C17H18FN/c1-12-7-8-16(18)15(11-12)17-14(9-10-19-17)13-5-3-2-4-6-13/h2-8,11,14,17,19H,9-10H2,1H3. The molecule has 19 heavy (non-hydrogen) atoms. The van der Waals surface area contributed by atoms with E-state index in [0.29, 0.717) is 5.92 Å². The molecule has 1 nitrogen and oxygen atoms in total. The van der Waals surface area contributed by atoms with Gasteiger partial charge in [0.1, 0.15) is 5.82 Å². The molecule has 2 aromatic rings. The van der Waals surface area contributed by atoms with Gasteiger partial charge >= 0.3 is 0 Å². The molecule has 1 aliphatic heterocycles. The van der Waals surface area contributed by atoms with Gasteiger partial charge in [-0.2, -0.15) is 0 Å². The van der Waals surface area contributed by atoms with Crippen LogP contribution in [-0.2, 0) is 0 Å². The van der Waals surface area contributed by atoms with E-state index >= 15 is 0 Å². The van der Waals surface area contributed by atoms with Crippen LogP contribution in [0.25, 0.3) is 0 Å². The van der Waals surface area contributed by atoms with Crippen molar-refractivity contribution in [3.05, 3.63) is 71.0 Å². The summed E-state index contributed by atoms with van der Waals surface area (Å²) in [6, 6.07) is 15.9. The Labute approximate surface area is 113 Å². The maximum Gasteiger partial charge on any atom is 0.128 e. The summed E-state index contributed by atoms with van der Waals surface area (Å²) in [5.41, 5.74) is 3.20. The van der Waals surface area contributed by atoms with Crippen molar-refractivity contribution in [1.29, 1.82) is 0 Å². The van der Waals surface area contributed by atoms with E-state index in [1.807, 2.05) is 25.1 Å². The molecule has 0 aliphatic carbocycles. The number of halogens is 1. The molecule has 1 heterocycles. The summed E-state index contributed by atoms with van der Waals surface area (Å²) in [4.78, 5) is 0. The predicted molar refractivity (Wildman–Crippen MR) is 75.7 cm³/mol. The number of hydrogen-bond acceptors (Lipinski definition) is 1. The molecular formula is C17H18FN. The van der Waals surface area contributed by atoms with E-state index in [2.05, 4.69) is 29.6 Å². The zero-order chi connectivity index (χ0) is 13.2. The highest BCUT2D eigenvalue weighted by atomic mass is 19.1. The summed E-state index contributed by atoms with van der Waals surface area (Å²) in [6.07, 6.45) is 1.06. The van der Waals surface area contributed by atoms with Crippen LogP contribution in [0.2, 0.25) is 0 Å². The van der Waals surface area contributed by atoms with Gasteiger partial charge in [-0.15, -0.1) is 0 Å². The van der Waals surface area contributed by atoms with Gasteiger partial charge in [-0.3, -0.25) is 0 Å². The highest BCUT2D eigenvalue weighted by molar-refractivity contribution is 5.33. The summed E-state index contributed by atoms with van der Waals surface area (Å²) in [5.74, 6) is 0.253. The van der Waals surface area contributed by atoms with Crippen LogP contribution < -0.4 is 5.32 Å². The molecule has 2 atom stereocenters. The number of aryl methyl sites for hydroxylation is 1. The lowest BCUT2D eigenvalue weighted by Crippen LogP contribution is -2.18. The zero-order valence-electron chi connectivity index (χ0n) is 11.1. The third kappa shape index (κ3) is 2.41. The maximum absolute atomic E-state index is 14.1. The van der Waals surface area contributed by atoms with Crippen molar-refractivity contribution >= 4 is 0 Å². The van der Waals surface area contributed by atoms with E-state index in [1.165, 1.54) is 5.56 Å². The highest BCUT2D eigenvalue weighted by Gasteiger charge is 2.31. The molecule has 1 N–H and O–H groups in total. The third-order valence-corrected chi connectivity index (χ3v) is 3.94. The number of benzene rings is 2. The van der Waals surface area contributed by atoms with E-state index in [-0.39, 0.29) is 11.9 Å². The minimum Gasteiger partial charge on any atom is -0.309 e. The molecule has 1 saturated heterocycles. The van der Waals surface area contributed by atoms with Gasteiger partial charge in [-0.1, -0.05) is 48.0 Å². The molecule has 0 saturated carbocycles. The molecule has 98 valence electrons. The zero-order valence-corrected chi connectivity index (χ0v) is 11.1. The summed E-state index contributed by atoms with van der Waals surface area (Å²) < 4.78 is 14.1. The molecular weight excluding hydrogens is 237 g/mol. The molecule has 2 heteroatoms. The van der Waals surface area contributed by atoms with Gasteiger partial charge in [0.15, 0.2) is 0 Å². The quantitative estimate of drug-likeness (QED) is 0.856. The molecule has 0 radical (unpaired) electrons. The first-order valence-corrected chi connectivity index (χ1v) is 6.80. The predicted octanol–water partition coefficient (Wildman–Crippen LogP) is 3.95. The fourth-order valence-electron chi connectivity index (χ4n) is 2.99. The summed E-state index contributed by atoms with van der Waals surface area (Å²) in [5, 5.41) is 3.45. The van der Waals surface area contributed by atoms with E-state index < -0.39 is 0 Å². The fraction of sp³-hybridized carbons (Fsp3) is 0.294. The van der Waals surface area contributed by atoms with Crippen LogP contribution in [0.3, 0.4) is 0 Å². The summed E-state index contributed by atoms with van der Waals surface area (Å²) in [6.45, 7) is 2.95. The van der Waals surface area contributed by atoms with Crippen molar-refractivity contribution in [1.82, 2.24) is 5.32 Å². The van der Waals surface area contributed by atoms with Crippen LogP contribution >= 0.6 is 0 Å². The second kappa shape index (κ2) is 5.14. The molecule has 2 unspecified atom stereocenters. The molecule has 0 amide bonds. The summed E-state index contributed by atoms with van der Waals surface area (Å²) >= 11 is 0. The van der Waals surface area contributed by atoms with Gasteiger partial charge in [0, 0.05) is 17.5 Å². The molecule has 1 fully saturated rings. The first kappa shape index (κ1) is 12.4. The van der Waals surface area contributed by atoms with Crippen LogP contribution in [0.4, 0.5) is 4.39 Å². The lowest BCUT2D eigenvalue weighted by atomic mass is 9.87. The van der Waals surface area contributed by atoms with Crippen LogP contribution in [-0.4, -0.2) is 6.54 Å². The number of nitrogens with one attached hydrogen (secondary N) is 1. The highest BCUT2D eigenvalue weighted by Crippen LogP contribution is 2.38. The molecule has 0 spiro atoms. The lowest BCUT2D eigenvalue weighted by molar-refractivity contribution is 0.525. The van der Waals surface area contributed by atoms with Crippen LogP contribution in [0.15, 0.2) is 48.5 Å². The van der Waals surface area contributed by atoms with Crippen molar-refractivity contribution in [2.75, 3.05) is 6.54 Å². The molecule has 0 bridgehead atoms. The van der Waals surface area contributed by atoms with Crippen molar-refractivity contribution in [2.24, 2.45) is 0 Å². The number of rotatable bonds is 2. The number of hydrogen-bond donors (Lipinski definition) is 1. The Balaban J connectivity index is 1.97. The van der Waals surface area contributed by atoms with E-state index in [0.717, 1.165) is 24.1 Å². The first-order chi connectivity index (χ1) is 9.25. The Morgan fingerprint density at radius 3 is 2.68 bits per heavy atom. The Kier molecular flexibility index (Phi) is 3.34.